The van der Waals surface area contributed by atoms with Gasteiger partial charge in [0.2, 0.25) is 0 Å². The van der Waals surface area contributed by atoms with Crippen molar-refractivity contribution >= 4 is 29.0 Å². The molecule has 0 saturated carbocycles. The maximum atomic E-state index is 12.2. The van der Waals surface area contributed by atoms with E-state index in [2.05, 4.69) is 21.6 Å². The number of carbonyl (C=O) groups is 1. The molecular formula is C15H19N3OS2. The van der Waals surface area contributed by atoms with Crippen LogP contribution in [0.15, 0.2) is 12.3 Å². The van der Waals surface area contributed by atoms with Crippen molar-refractivity contribution in [3.05, 3.63) is 38.8 Å². The molecule has 2 aromatic rings. The fraction of sp³-hybridized carbons (Fsp3) is 0.467. The molecule has 6 heteroatoms. The Morgan fingerprint density at radius 1 is 1.52 bits per heavy atom. The van der Waals surface area contributed by atoms with Gasteiger partial charge in [0.1, 0.15) is 0 Å². The van der Waals surface area contributed by atoms with Crippen molar-refractivity contribution in [1.29, 1.82) is 0 Å². The molecule has 4 nitrogen and oxygen atoms in total. The number of aromatic nitrogens is 2. The molecule has 0 spiro atoms. The zero-order chi connectivity index (χ0) is 14.7. The summed E-state index contributed by atoms with van der Waals surface area (Å²) in [5.74, 6) is 2.31. The van der Waals surface area contributed by atoms with Crippen molar-refractivity contribution < 1.29 is 4.79 Å². The second-order valence-electron chi connectivity index (χ2n) is 5.24. The van der Waals surface area contributed by atoms with Crippen molar-refractivity contribution in [3.63, 3.8) is 0 Å². The number of carbonyl (C=O) groups excluding carboxylic acids is 1. The van der Waals surface area contributed by atoms with Crippen LogP contribution in [0.2, 0.25) is 0 Å². The Bertz CT molecular complexity index is 609. The van der Waals surface area contributed by atoms with E-state index in [4.69, 9.17) is 0 Å². The Labute approximate surface area is 132 Å². The zero-order valence-corrected chi connectivity index (χ0v) is 13.7. The van der Waals surface area contributed by atoms with Gasteiger partial charge in [0.15, 0.2) is 0 Å². The van der Waals surface area contributed by atoms with Gasteiger partial charge in [-0.05, 0) is 49.1 Å². The molecule has 0 unspecified atom stereocenters. The summed E-state index contributed by atoms with van der Waals surface area (Å²) in [6.07, 6.45) is 4.85. The number of nitrogens with zero attached hydrogens (tertiary/aromatic N) is 1. The van der Waals surface area contributed by atoms with E-state index in [0.717, 1.165) is 35.6 Å². The van der Waals surface area contributed by atoms with Gasteiger partial charge in [-0.1, -0.05) is 0 Å². The fourth-order valence-corrected chi connectivity index (χ4v) is 4.74. The van der Waals surface area contributed by atoms with Crippen LogP contribution >= 0.6 is 23.1 Å². The summed E-state index contributed by atoms with van der Waals surface area (Å²) in [5.41, 5.74) is 3.70. The predicted molar refractivity (Wildman–Crippen MR) is 88.2 cm³/mol. The van der Waals surface area contributed by atoms with Crippen molar-refractivity contribution in [3.8, 4) is 0 Å². The summed E-state index contributed by atoms with van der Waals surface area (Å²) < 4.78 is 0. The lowest BCUT2D eigenvalue weighted by Gasteiger charge is -2.08. The third kappa shape index (κ3) is 3.49. The quantitative estimate of drug-likeness (QED) is 0.833. The van der Waals surface area contributed by atoms with E-state index < -0.39 is 0 Å². The van der Waals surface area contributed by atoms with Crippen LogP contribution in [0.1, 0.15) is 37.8 Å². The van der Waals surface area contributed by atoms with Crippen molar-refractivity contribution in [1.82, 2.24) is 15.5 Å². The Kier molecular flexibility index (Phi) is 4.65. The van der Waals surface area contributed by atoms with Gasteiger partial charge in [-0.15, -0.1) is 11.3 Å². The molecule has 112 valence electrons. The number of thiophene rings is 1. The molecule has 1 amide bonds. The predicted octanol–water partition coefficient (Wildman–Crippen LogP) is 2.93. The number of hydrogen-bond donors (Lipinski definition) is 2. The smallest absolute Gasteiger partial charge is 0.261 e. The lowest BCUT2D eigenvalue weighted by molar-refractivity contribution is 0.0957. The Balaban J connectivity index is 1.48. The molecule has 0 atom stereocenters. The van der Waals surface area contributed by atoms with Crippen LogP contribution in [0.5, 0.6) is 0 Å². The summed E-state index contributed by atoms with van der Waals surface area (Å²) in [5, 5.41) is 9.97. The minimum absolute atomic E-state index is 0.0725. The van der Waals surface area contributed by atoms with E-state index in [-0.39, 0.29) is 5.91 Å². The molecule has 0 saturated heterocycles. The third-order valence-corrected chi connectivity index (χ3v) is 5.94. The van der Waals surface area contributed by atoms with Crippen molar-refractivity contribution in [2.75, 3.05) is 12.3 Å². The number of nitrogens with one attached hydrogen (secondary N) is 2. The normalized spacial score (nSPS) is 14.0. The number of aromatic amines is 1. The number of amides is 1. The van der Waals surface area contributed by atoms with Gasteiger partial charge >= 0.3 is 0 Å². The highest BCUT2D eigenvalue weighted by atomic mass is 32.2. The van der Waals surface area contributed by atoms with Gasteiger partial charge in [-0.3, -0.25) is 9.89 Å². The Morgan fingerprint density at radius 2 is 2.43 bits per heavy atom. The molecule has 0 bridgehead atoms. The molecule has 0 fully saturated rings. The molecule has 1 aliphatic heterocycles. The largest absolute Gasteiger partial charge is 0.351 e. The van der Waals surface area contributed by atoms with E-state index in [9.17, 15) is 4.79 Å². The summed E-state index contributed by atoms with van der Waals surface area (Å²) in [7, 11) is 0. The van der Waals surface area contributed by atoms with Gasteiger partial charge in [-0.2, -0.15) is 16.9 Å². The number of aryl methyl sites for hydroxylation is 3. The maximum Gasteiger partial charge on any atom is 0.261 e. The summed E-state index contributed by atoms with van der Waals surface area (Å²) in [6.45, 7) is 2.73. The van der Waals surface area contributed by atoms with E-state index >= 15 is 0 Å². The average Bonchev–Trinajstić information content (AvgIpc) is 3.09. The molecule has 3 rings (SSSR count). The monoisotopic (exact) mass is 321 g/mol. The minimum atomic E-state index is 0.0725. The molecule has 0 radical (unpaired) electrons. The lowest BCUT2D eigenvalue weighted by Crippen LogP contribution is -2.23. The molecule has 2 N–H and O–H groups in total. The van der Waals surface area contributed by atoms with Crippen LogP contribution in [-0.4, -0.2) is 28.4 Å². The number of H-pyrrole nitrogens is 1. The molecule has 21 heavy (non-hydrogen) atoms. The van der Waals surface area contributed by atoms with Crippen molar-refractivity contribution in [2.45, 2.75) is 31.9 Å². The van der Waals surface area contributed by atoms with Crippen LogP contribution in [-0.2, 0) is 18.6 Å². The van der Waals surface area contributed by atoms with Crippen LogP contribution in [0.4, 0.5) is 0 Å². The van der Waals surface area contributed by atoms with Crippen LogP contribution < -0.4 is 5.32 Å². The summed E-state index contributed by atoms with van der Waals surface area (Å²) >= 11 is 3.61. The third-order valence-electron chi connectivity index (χ3n) is 3.69. The highest BCUT2D eigenvalue weighted by Crippen LogP contribution is 2.31. The molecule has 2 aromatic heterocycles. The van der Waals surface area contributed by atoms with Crippen LogP contribution in [0.3, 0.4) is 0 Å². The first kappa shape index (κ1) is 14.7. The van der Waals surface area contributed by atoms with E-state index in [1.807, 2.05) is 24.9 Å². The molecule has 0 aromatic carbocycles. The minimum Gasteiger partial charge on any atom is -0.351 e. The highest BCUT2D eigenvalue weighted by molar-refractivity contribution is 7.98. The van der Waals surface area contributed by atoms with E-state index in [1.165, 1.54) is 21.8 Å². The van der Waals surface area contributed by atoms with Crippen molar-refractivity contribution in [2.24, 2.45) is 0 Å². The van der Waals surface area contributed by atoms with Crippen LogP contribution in [0.25, 0.3) is 0 Å². The molecule has 1 aliphatic rings. The number of thioether (sulfide) groups is 1. The van der Waals surface area contributed by atoms with Gasteiger partial charge in [-0.25, -0.2) is 0 Å². The standard InChI is InChI=1S/C15H19N3OS2/c1-10-11(8-17-18-10)3-2-5-16-15(19)14-7-12-9-20-6-4-13(12)21-14/h7-8H,2-6,9H2,1H3,(H,16,19)(H,17,18). The second kappa shape index (κ2) is 6.66. The first-order chi connectivity index (χ1) is 10.2. The highest BCUT2D eigenvalue weighted by Gasteiger charge is 2.17. The first-order valence-corrected chi connectivity index (χ1v) is 9.17. The Morgan fingerprint density at radius 3 is 3.19 bits per heavy atom. The average molecular weight is 321 g/mol. The zero-order valence-electron chi connectivity index (χ0n) is 12.1. The second-order valence-corrected chi connectivity index (χ2v) is 7.48. The Hall–Kier alpha value is -1.27. The lowest BCUT2D eigenvalue weighted by atomic mass is 10.1. The van der Waals surface area contributed by atoms with Crippen LogP contribution in [0, 0.1) is 6.92 Å². The fourth-order valence-electron chi connectivity index (χ4n) is 2.45. The molecule has 3 heterocycles. The maximum absolute atomic E-state index is 12.2. The molecule has 0 aliphatic carbocycles. The van der Waals surface area contributed by atoms with Gasteiger partial charge in [0.05, 0.1) is 11.1 Å². The molecular weight excluding hydrogens is 302 g/mol. The van der Waals surface area contributed by atoms with E-state index in [1.54, 1.807) is 11.3 Å². The van der Waals surface area contributed by atoms with Gasteiger partial charge in [0.25, 0.3) is 5.91 Å². The SMILES string of the molecule is Cc1[nH]ncc1CCCNC(=O)c1cc2c(s1)CCSC2. The van der Waals surface area contributed by atoms with Gasteiger partial charge in [0, 0.05) is 22.9 Å². The summed E-state index contributed by atoms with van der Waals surface area (Å²) in [6, 6.07) is 2.07. The van der Waals surface area contributed by atoms with Gasteiger partial charge < -0.3 is 5.32 Å². The number of hydrogen-bond acceptors (Lipinski definition) is 4. The first-order valence-electron chi connectivity index (χ1n) is 7.20. The number of rotatable bonds is 5. The summed E-state index contributed by atoms with van der Waals surface area (Å²) in [4.78, 5) is 14.4. The number of fused-ring (bicyclic) bond motifs is 1. The topological polar surface area (TPSA) is 57.8 Å². The van der Waals surface area contributed by atoms with E-state index in [0.29, 0.717) is 6.54 Å².